The minimum Gasteiger partial charge on any atom is -0.473 e. The molecule has 1 aromatic rings. The zero-order valence-electron chi connectivity index (χ0n) is 14.0. The third-order valence-corrected chi connectivity index (χ3v) is 3.78. The Balaban J connectivity index is 0.000000413. The summed E-state index contributed by atoms with van der Waals surface area (Å²) in [5.74, 6) is -3.65. The molecule has 1 aliphatic rings. The fourth-order valence-electron chi connectivity index (χ4n) is 2.50. The number of nitrogens with zero attached hydrogens (tertiary/aromatic N) is 1. The van der Waals surface area contributed by atoms with Crippen molar-refractivity contribution in [2.45, 2.75) is 32.1 Å². The number of aryl methyl sites for hydroxylation is 1. The molecular weight excluding hydrogens is 310 g/mol. The maximum absolute atomic E-state index is 9.10. The van der Waals surface area contributed by atoms with E-state index in [1.807, 2.05) is 0 Å². The van der Waals surface area contributed by atoms with Crippen LogP contribution < -0.4 is 0 Å². The van der Waals surface area contributed by atoms with Crippen LogP contribution >= 0.6 is 0 Å². The van der Waals surface area contributed by atoms with Crippen molar-refractivity contribution in [1.29, 1.82) is 0 Å². The molecule has 1 saturated heterocycles. The summed E-state index contributed by atoms with van der Waals surface area (Å²) < 4.78 is 5.72. The van der Waals surface area contributed by atoms with Gasteiger partial charge in [0.2, 0.25) is 0 Å². The zero-order valence-corrected chi connectivity index (χ0v) is 14.0. The lowest BCUT2D eigenvalue weighted by atomic mass is 10.1. The van der Waals surface area contributed by atoms with Crippen LogP contribution in [0.2, 0.25) is 0 Å². The second-order valence-electron chi connectivity index (χ2n) is 5.71. The quantitative estimate of drug-likeness (QED) is 0.586. The number of aliphatic carboxylic acids is 2. The summed E-state index contributed by atoms with van der Waals surface area (Å²) in [4.78, 5) is 20.7. The van der Waals surface area contributed by atoms with Crippen LogP contribution in [0.4, 0.5) is 0 Å². The molecule has 1 aromatic carbocycles. The Labute approximate surface area is 143 Å². The van der Waals surface area contributed by atoms with Crippen molar-refractivity contribution in [2.24, 2.45) is 0 Å². The van der Waals surface area contributed by atoms with Gasteiger partial charge in [0.1, 0.15) is 0 Å². The number of hydrogen-bond donors (Lipinski definition) is 2. The highest BCUT2D eigenvalue weighted by Crippen LogP contribution is 2.08. The highest BCUT2D eigenvalue weighted by atomic mass is 16.5. The first-order valence-electron chi connectivity index (χ1n) is 8.40. The van der Waals surface area contributed by atoms with Gasteiger partial charge in [0, 0.05) is 13.2 Å². The predicted molar refractivity (Wildman–Crippen MR) is 91.1 cm³/mol. The van der Waals surface area contributed by atoms with Crippen LogP contribution in [0.15, 0.2) is 30.3 Å². The lowest BCUT2D eigenvalue weighted by Gasteiger charge is -2.26. The minimum atomic E-state index is -1.82. The molecule has 1 fully saturated rings. The number of carboxylic acids is 2. The fraction of sp³-hybridized carbons (Fsp3) is 0.556. The molecule has 0 atom stereocenters. The number of piperidine rings is 1. The van der Waals surface area contributed by atoms with Gasteiger partial charge in [0.05, 0.1) is 6.61 Å². The van der Waals surface area contributed by atoms with Crippen LogP contribution in [0.5, 0.6) is 0 Å². The summed E-state index contributed by atoms with van der Waals surface area (Å²) in [7, 11) is 0. The predicted octanol–water partition coefficient (Wildman–Crippen LogP) is 2.28. The molecule has 6 heteroatoms. The Morgan fingerprint density at radius 3 is 2.17 bits per heavy atom. The first kappa shape index (κ1) is 20.1. The first-order chi connectivity index (χ1) is 11.6. The van der Waals surface area contributed by atoms with Crippen molar-refractivity contribution in [1.82, 2.24) is 4.90 Å². The summed E-state index contributed by atoms with van der Waals surface area (Å²) in [6, 6.07) is 10.7. The standard InChI is InChI=1S/C16H25NO.C2H2O4/c1-3-8-16(9-4-1)10-7-14-18-15-13-17-11-5-2-6-12-17;3-1(4)2(5)6/h1,3-4,8-9H,2,5-7,10-15H2;(H,3,4)(H,5,6). The minimum absolute atomic E-state index is 0.892. The molecule has 0 radical (unpaired) electrons. The SMILES string of the molecule is O=C(O)C(=O)O.c1ccc(CCCOCCN2CCCCC2)cc1. The zero-order chi connectivity index (χ0) is 17.6. The maximum Gasteiger partial charge on any atom is 0.414 e. The van der Waals surface area contributed by atoms with Gasteiger partial charge in [-0.2, -0.15) is 0 Å². The monoisotopic (exact) mass is 337 g/mol. The molecule has 0 bridgehead atoms. The average molecular weight is 337 g/mol. The summed E-state index contributed by atoms with van der Waals surface area (Å²) in [5.41, 5.74) is 1.41. The van der Waals surface area contributed by atoms with Crippen LogP contribution in [-0.4, -0.2) is 59.9 Å². The number of rotatable bonds is 7. The Kier molecular flexibility index (Phi) is 10.5. The van der Waals surface area contributed by atoms with E-state index in [4.69, 9.17) is 24.5 Å². The number of hydrogen-bond acceptors (Lipinski definition) is 4. The maximum atomic E-state index is 9.10. The molecule has 2 N–H and O–H groups in total. The van der Waals surface area contributed by atoms with Crippen molar-refractivity contribution in [2.75, 3.05) is 32.8 Å². The molecule has 134 valence electrons. The van der Waals surface area contributed by atoms with Gasteiger partial charge in [-0.05, 0) is 44.3 Å². The lowest BCUT2D eigenvalue weighted by molar-refractivity contribution is -0.159. The molecular formula is C18H27NO5. The van der Waals surface area contributed by atoms with E-state index < -0.39 is 11.9 Å². The number of carboxylic acid groups (broad SMARTS) is 2. The second-order valence-corrected chi connectivity index (χ2v) is 5.71. The van der Waals surface area contributed by atoms with Crippen molar-refractivity contribution in [3.05, 3.63) is 35.9 Å². The van der Waals surface area contributed by atoms with Crippen LogP contribution in [0, 0.1) is 0 Å². The van der Waals surface area contributed by atoms with E-state index in [1.54, 1.807) is 0 Å². The van der Waals surface area contributed by atoms with Crippen molar-refractivity contribution < 1.29 is 24.5 Å². The average Bonchev–Trinajstić information content (AvgIpc) is 2.60. The summed E-state index contributed by atoms with van der Waals surface area (Å²) >= 11 is 0. The molecule has 1 aliphatic heterocycles. The van der Waals surface area contributed by atoms with Crippen LogP contribution in [0.25, 0.3) is 0 Å². The lowest BCUT2D eigenvalue weighted by Crippen LogP contribution is -2.32. The highest BCUT2D eigenvalue weighted by Gasteiger charge is 2.08. The van der Waals surface area contributed by atoms with Gasteiger partial charge in [0.25, 0.3) is 0 Å². The van der Waals surface area contributed by atoms with Gasteiger partial charge in [0.15, 0.2) is 0 Å². The van der Waals surface area contributed by atoms with E-state index in [0.717, 1.165) is 32.6 Å². The van der Waals surface area contributed by atoms with Crippen molar-refractivity contribution in [3.63, 3.8) is 0 Å². The molecule has 0 saturated carbocycles. The van der Waals surface area contributed by atoms with Gasteiger partial charge in [-0.25, -0.2) is 9.59 Å². The van der Waals surface area contributed by atoms with Gasteiger partial charge < -0.3 is 19.8 Å². The van der Waals surface area contributed by atoms with Crippen molar-refractivity contribution in [3.8, 4) is 0 Å². The van der Waals surface area contributed by atoms with Crippen molar-refractivity contribution >= 4 is 11.9 Å². The third-order valence-electron chi connectivity index (χ3n) is 3.78. The van der Waals surface area contributed by atoms with Gasteiger partial charge in [-0.3, -0.25) is 0 Å². The van der Waals surface area contributed by atoms with Crippen LogP contribution in [-0.2, 0) is 20.7 Å². The third kappa shape index (κ3) is 9.97. The van der Waals surface area contributed by atoms with E-state index in [0.29, 0.717) is 0 Å². The summed E-state index contributed by atoms with van der Waals surface area (Å²) in [5, 5.41) is 14.8. The van der Waals surface area contributed by atoms with Crippen LogP contribution in [0.3, 0.4) is 0 Å². The van der Waals surface area contributed by atoms with E-state index >= 15 is 0 Å². The number of carbonyl (C=O) groups is 2. The van der Waals surface area contributed by atoms with E-state index in [-0.39, 0.29) is 0 Å². The molecule has 0 aliphatic carbocycles. The van der Waals surface area contributed by atoms with E-state index in [1.165, 1.54) is 37.9 Å². The number of ether oxygens (including phenoxy) is 1. The Bertz CT molecular complexity index is 460. The number of likely N-dealkylation sites (tertiary alicyclic amines) is 1. The highest BCUT2D eigenvalue weighted by molar-refractivity contribution is 6.27. The fourth-order valence-corrected chi connectivity index (χ4v) is 2.50. The number of benzene rings is 1. The van der Waals surface area contributed by atoms with Gasteiger partial charge in [-0.1, -0.05) is 36.8 Å². The second kappa shape index (κ2) is 12.5. The summed E-state index contributed by atoms with van der Waals surface area (Å²) in [6.07, 6.45) is 6.41. The van der Waals surface area contributed by atoms with Crippen LogP contribution in [0.1, 0.15) is 31.2 Å². The Morgan fingerprint density at radius 2 is 1.58 bits per heavy atom. The summed E-state index contributed by atoms with van der Waals surface area (Å²) in [6.45, 7) is 5.45. The van der Waals surface area contributed by atoms with Gasteiger partial charge in [-0.15, -0.1) is 0 Å². The molecule has 0 spiro atoms. The molecule has 0 unspecified atom stereocenters. The Morgan fingerprint density at radius 1 is 0.958 bits per heavy atom. The van der Waals surface area contributed by atoms with E-state index in [2.05, 4.69) is 35.2 Å². The normalized spacial score (nSPS) is 14.5. The smallest absolute Gasteiger partial charge is 0.414 e. The topological polar surface area (TPSA) is 87.1 Å². The largest absolute Gasteiger partial charge is 0.473 e. The van der Waals surface area contributed by atoms with E-state index in [9.17, 15) is 0 Å². The molecule has 24 heavy (non-hydrogen) atoms. The molecule has 1 heterocycles. The molecule has 0 aromatic heterocycles. The first-order valence-corrected chi connectivity index (χ1v) is 8.40. The molecule has 2 rings (SSSR count). The Hall–Kier alpha value is -1.92. The molecule has 0 amide bonds. The molecule has 6 nitrogen and oxygen atoms in total. The van der Waals surface area contributed by atoms with Gasteiger partial charge >= 0.3 is 11.9 Å².